The maximum absolute atomic E-state index is 5.79. The molecule has 0 spiro atoms. The predicted molar refractivity (Wildman–Crippen MR) is 49.3 cm³/mol. The summed E-state index contributed by atoms with van der Waals surface area (Å²) in [5.74, 6) is 1.71. The smallest absolute Gasteiger partial charge is 0.00205 e. The molecule has 0 aliphatic heterocycles. The summed E-state index contributed by atoms with van der Waals surface area (Å²) in [5.41, 5.74) is 6.22. The molecule has 0 aromatic carbocycles. The number of rotatable bonds is 1. The van der Waals surface area contributed by atoms with Crippen LogP contribution in [0.1, 0.15) is 40.0 Å². The molecule has 0 amide bonds. The van der Waals surface area contributed by atoms with Crippen molar-refractivity contribution < 1.29 is 0 Å². The fourth-order valence-corrected chi connectivity index (χ4v) is 2.27. The molecule has 1 heteroatoms. The van der Waals surface area contributed by atoms with Crippen molar-refractivity contribution in [2.24, 2.45) is 23.0 Å². The second-order valence-corrected chi connectivity index (χ2v) is 4.65. The van der Waals surface area contributed by atoms with E-state index in [0.29, 0.717) is 5.41 Å². The normalized spacial score (nSPS) is 45.8. The highest BCUT2D eigenvalue weighted by molar-refractivity contribution is 4.86. The van der Waals surface area contributed by atoms with E-state index in [0.717, 1.165) is 18.4 Å². The molecule has 3 atom stereocenters. The predicted octanol–water partition coefficient (Wildman–Crippen LogP) is 2.41. The van der Waals surface area contributed by atoms with Crippen LogP contribution >= 0.6 is 0 Å². The monoisotopic (exact) mass is 155 g/mol. The van der Waals surface area contributed by atoms with E-state index in [2.05, 4.69) is 20.8 Å². The van der Waals surface area contributed by atoms with Gasteiger partial charge >= 0.3 is 0 Å². The zero-order chi connectivity index (χ0) is 8.48. The first-order valence-electron chi connectivity index (χ1n) is 4.78. The molecule has 0 heterocycles. The quantitative estimate of drug-likeness (QED) is 0.618. The van der Waals surface area contributed by atoms with Gasteiger partial charge in [-0.25, -0.2) is 0 Å². The highest BCUT2D eigenvalue weighted by Gasteiger charge is 2.34. The van der Waals surface area contributed by atoms with Gasteiger partial charge in [0.2, 0.25) is 0 Å². The first kappa shape index (κ1) is 9.05. The highest BCUT2D eigenvalue weighted by Crippen LogP contribution is 2.42. The highest BCUT2D eigenvalue weighted by atomic mass is 14.6. The van der Waals surface area contributed by atoms with E-state index in [1.54, 1.807) is 0 Å². The summed E-state index contributed by atoms with van der Waals surface area (Å²) in [6, 6.07) is 0. The van der Waals surface area contributed by atoms with E-state index in [-0.39, 0.29) is 0 Å². The van der Waals surface area contributed by atoms with Crippen molar-refractivity contribution in [3.05, 3.63) is 0 Å². The summed E-state index contributed by atoms with van der Waals surface area (Å²) in [5, 5.41) is 0. The molecule has 1 rings (SSSR count). The molecule has 0 unspecified atom stereocenters. The summed E-state index contributed by atoms with van der Waals surface area (Å²) in [6.45, 7) is 7.89. The molecule has 0 radical (unpaired) electrons. The van der Waals surface area contributed by atoms with E-state index >= 15 is 0 Å². The van der Waals surface area contributed by atoms with Gasteiger partial charge in [-0.1, -0.05) is 27.2 Å². The van der Waals surface area contributed by atoms with Gasteiger partial charge in [-0.3, -0.25) is 0 Å². The molecule has 0 bridgehead atoms. The van der Waals surface area contributed by atoms with Crippen molar-refractivity contribution >= 4 is 0 Å². The molecule has 1 aliphatic carbocycles. The van der Waals surface area contributed by atoms with Crippen LogP contribution in [0, 0.1) is 17.3 Å². The average Bonchev–Trinajstić information content (AvgIpc) is 1.98. The molecular formula is C10H21N. The molecule has 0 aromatic rings. The molecule has 1 aliphatic rings. The first-order valence-corrected chi connectivity index (χ1v) is 4.78. The maximum Gasteiger partial charge on any atom is -0.00205 e. The van der Waals surface area contributed by atoms with E-state index in [1.165, 1.54) is 19.3 Å². The maximum atomic E-state index is 5.79. The SMILES string of the molecule is C[C@@H]1CC[C@@H](C)[C@](C)(CN)C1. The van der Waals surface area contributed by atoms with Gasteiger partial charge in [0, 0.05) is 0 Å². The first-order chi connectivity index (χ1) is 5.08. The van der Waals surface area contributed by atoms with Crippen LogP contribution in [0.15, 0.2) is 0 Å². The summed E-state index contributed by atoms with van der Waals surface area (Å²) in [6.07, 6.45) is 4.09. The van der Waals surface area contributed by atoms with Crippen LogP contribution in [0.2, 0.25) is 0 Å². The van der Waals surface area contributed by atoms with Crippen molar-refractivity contribution in [2.75, 3.05) is 6.54 Å². The Bertz CT molecular complexity index is 133. The van der Waals surface area contributed by atoms with Crippen molar-refractivity contribution in [3.63, 3.8) is 0 Å². The molecule has 1 fully saturated rings. The van der Waals surface area contributed by atoms with Crippen molar-refractivity contribution in [1.82, 2.24) is 0 Å². The molecule has 1 saturated carbocycles. The lowest BCUT2D eigenvalue weighted by molar-refractivity contribution is 0.103. The van der Waals surface area contributed by atoms with E-state index in [4.69, 9.17) is 5.73 Å². The van der Waals surface area contributed by atoms with Gasteiger partial charge in [-0.2, -0.15) is 0 Å². The summed E-state index contributed by atoms with van der Waals surface area (Å²) < 4.78 is 0. The average molecular weight is 155 g/mol. The van der Waals surface area contributed by atoms with Crippen molar-refractivity contribution in [2.45, 2.75) is 40.0 Å². The Hall–Kier alpha value is -0.0400. The molecule has 66 valence electrons. The van der Waals surface area contributed by atoms with Crippen molar-refractivity contribution in [3.8, 4) is 0 Å². The molecule has 2 N–H and O–H groups in total. The largest absolute Gasteiger partial charge is 0.330 e. The van der Waals surface area contributed by atoms with E-state index in [9.17, 15) is 0 Å². The van der Waals surface area contributed by atoms with Crippen molar-refractivity contribution in [1.29, 1.82) is 0 Å². The van der Waals surface area contributed by atoms with Gasteiger partial charge in [-0.05, 0) is 36.6 Å². The molecule has 11 heavy (non-hydrogen) atoms. The third-order valence-electron chi connectivity index (χ3n) is 3.56. The van der Waals surface area contributed by atoms with Crippen LogP contribution in [0.4, 0.5) is 0 Å². The minimum Gasteiger partial charge on any atom is -0.330 e. The Kier molecular flexibility index (Phi) is 2.58. The summed E-state index contributed by atoms with van der Waals surface area (Å²) >= 11 is 0. The minimum atomic E-state index is 0.428. The van der Waals surface area contributed by atoms with E-state index < -0.39 is 0 Å². The summed E-state index contributed by atoms with van der Waals surface area (Å²) in [4.78, 5) is 0. The standard InChI is InChI=1S/C10H21N/c1-8-4-5-9(2)10(3,6-8)7-11/h8-9H,4-7,11H2,1-3H3/t8-,9-,10+/m1/s1. The molecule has 0 aromatic heterocycles. The number of hydrogen-bond acceptors (Lipinski definition) is 1. The van der Waals surface area contributed by atoms with Crippen LogP contribution < -0.4 is 5.73 Å². The lowest BCUT2D eigenvalue weighted by Crippen LogP contribution is -2.38. The van der Waals surface area contributed by atoms with Gasteiger partial charge < -0.3 is 5.73 Å². The molecule has 1 nitrogen and oxygen atoms in total. The Labute approximate surface area is 70.4 Å². The Balaban J connectivity index is 2.60. The Morgan fingerprint density at radius 3 is 2.45 bits per heavy atom. The van der Waals surface area contributed by atoms with Gasteiger partial charge in [0.05, 0.1) is 0 Å². The van der Waals surface area contributed by atoms with Crippen LogP contribution in [0.3, 0.4) is 0 Å². The second kappa shape index (κ2) is 3.14. The number of hydrogen-bond donors (Lipinski definition) is 1. The Morgan fingerprint density at radius 2 is 2.00 bits per heavy atom. The lowest BCUT2D eigenvalue weighted by Gasteiger charge is -2.41. The van der Waals surface area contributed by atoms with Crippen LogP contribution in [0.25, 0.3) is 0 Å². The Morgan fingerprint density at radius 1 is 1.36 bits per heavy atom. The molecular weight excluding hydrogens is 134 g/mol. The van der Waals surface area contributed by atoms with Crippen LogP contribution in [0.5, 0.6) is 0 Å². The lowest BCUT2D eigenvalue weighted by atomic mass is 9.65. The third kappa shape index (κ3) is 1.76. The number of nitrogens with two attached hydrogens (primary N) is 1. The topological polar surface area (TPSA) is 26.0 Å². The van der Waals surface area contributed by atoms with E-state index in [1.807, 2.05) is 0 Å². The summed E-state index contributed by atoms with van der Waals surface area (Å²) in [7, 11) is 0. The molecule has 0 saturated heterocycles. The van der Waals surface area contributed by atoms with Gasteiger partial charge in [-0.15, -0.1) is 0 Å². The zero-order valence-corrected chi connectivity index (χ0v) is 8.06. The van der Waals surface area contributed by atoms with Gasteiger partial charge in [0.1, 0.15) is 0 Å². The van der Waals surface area contributed by atoms with Crippen LogP contribution in [-0.2, 0) is 0 Å². The van der Waals surface area contributed by atoms with Crippen LogP contribution in [-0.4, -0.2) is 6.54 Å². The van der Waals surface area contributed by atoms with Gasteiger partial charge in [0.25, 0.3) is 0 Å². The van der Waals surface area contributed by atoms with Gasteiger partial charge in [0.15, 0.2) is 0 Å². The third-order valence-corrected chi connectivity index (χ3v) is 3.56. The minimum absolute atomic E-state index is 0.428. The second-order valence-electron chi connectivity index (χ2n) is 4.65. The fourth-order valence-electron chi connectivity index (χ4n) is 2.27. The fraction of sp³-hybridized carbons (Fsp3) is 1.00. The zero-order valence-electron chi connectivity index (χ0n) is 8.06.